The molecule has 5 nitrogen and oxygen atoms in total. The van der Waals surface area contributed by atoms with Gasteiger partial charge in [-0.15, -0.1) is 0 Å². The average Bonchev–Trinajstić information content (AvgIpc) is 2.72. The van der Waals surface area contributed by atoms with Crippen LogP contribution in [0.5, 0.6) is 5.75 Å². The van der Waals surface area contributed by atoms with E-state index >= 15 is 0 Å². The summed E-state index contributed by atoms with van der Waals surface area (Å²) in [5, 5.41) is 0. The molecule has 5 heteroatoms. The topological polar surface area (TPSA) is 59.5 Å². The zero-order valence-electron chi connectivity index (χ0n) is 8.65. The second-order valence-corrected chi connectivity index (χ2v) is 3.66. The van der Waals surface area contributed by atoms with E-state index in [1.165, 1.54) is 4.90 Å². The predicted molar refractivity (Wildman–Crippen MR) is 55.9 cm³/mol. The number of hydrogen-bond acceptors (Lipinski definition) is 4. The first-order valence-electron chi connectivity index (χ1n) is 5.06. The number of aldehydes is 1. The molecule has 0 saturated carbocycles. The Kier molecular flexibility index (Phi) is 3.14. The molecule has 0 aromatic carbocycles. The van der Waals surface area contributed by atoms with Crippen LogP contribution in [0.3, 0.4) is 0 Å². The lowest BCUT2D eigenvalue weighted by Gasteiger charge is -2.13. The number of pyridine rings is 1. The fourth-order valence-electron chi connectivity index (χ4n) is 1.80. The molecule has 0 N–H and O–H groups in total. The summed E-state index contributed by atoms with van der Waals surface area (Å²) in [6, 6.07) is 3.14. The molecule has 1 amide bonds. The SMILES string of the molecule is O=CC1CC(Oc2ccncc2)CN1C=O. The number of nitrogens with zero attached hydrogens (tertiary/aromatic N) is 2. The highest BCUT2D eigenvalue weighted by atomic mass is 16.5. The van der Waals surface area contributed by atoms with Crippen LogP contribution in [0, 0.1) is 0 Å². The van der Waals surface area contributed by atoms with Crippen LogP contribution in [-0.4, -0.2) is 41.3 Å². The van der Waals surface area contributed by atoms with Gasteiger partial charge in [0, 0.05) is 18.8 Å². The van der Waals surface area contributed by atoms with Crippen molar-refractivity contribution >= 4 is 12.7 Å². The summed E-state index contributed by atoms with van der Waals surface area (Å²) >= 11 is 0. The fourth-order valence-corrected chi connectivity index (χ4v) is 1.80. The van der Waals surface area contributed by atoms with Crippen LogP contribution in [0.1, 0.15) is 6.42 Å². The molecule has 16 heavy (non-hydrogen) atoms. The molecular formula is C11H12N2O3. The molecule has 1 aliphatic heterocycles. The Labute approximate surface area is 93.0 Å². The zero-order chi connectivity index (χ0) is 11.4. The fraction of sp³-hybridized carbons (Fsp3) is 0.364. The van der Waals surface area contributed by atoms with E-state index in [0.717, 1.165) is 6.29 Å². The van der Waals surface area contributed by atoms with Crippen molar-refractivity contribution in [2.24, 2.45) is 0 Å². The van der Waals surface area contributed by atoms with Crippen molar-refractivity contribution in [2.75, 3.05) is 6.54 Å². The lowest BCUT2D eigenvalue weighted by molar-refractivity contribution is -0.123. The van der Waals surface area contributed by atoms with Crippen LogP contribution in [-0.2, 0) is 9.59 Å². The van der Waals surface area contributed by atoms with Crippen LogP contribution in [0.4, 0.5) is 0 Å². The molecule has 1 saturated heterocycles. The number of carbonyl (C=O) groups excluding carboxylic acids is 2. The molecule has 0 aliphatic carbocycles. The van der Waals surface area contributed by atoms with Crippen LogP contribution in [0.25, 0.3) is 0 Å². The van der Waals surface area contributed by atoms with E-state index < -0.39 is 0 Å². The van der Waals surface area contributed by atoms with Crippen molar-refractivity contribution in [3.05, 3.63) is 24.5 Å². The Morgan fingerprint density at radius 3 is 2.69 bits per heavy atom. The number of aromatic nitrogens is 1. The highest BCUT2D eigenvalue weighted by Gasteiger charge is 2.32. The van der Waals surface area contributed by atoms with E-state index in [-0.39, 0.29) is 12.1 Å². The number of amides is 1. The van der Waals surface area contributed by atoms with Crippen LogP contribution in [0.15, 0.2) is 24.5 Å². The Morgan fingerprint density at radius 2 is 2.12 bits per heavy atom. The van der Waals surface area contributed by atoms with Gasteiger partial charge in [0.25, 0.3) is 0 Å². The van der Waals surface area contributed by atoms with E-state index in [1.807, 2.05) is 0 Å². The Morgan fingerprint density at radius 1 is 1.38 bits per heavy atom. The van der Waals surface area contributed by atoms with E-state index in [4.69, 9.17) is 4.74 Å². The maximum atomic E-state index is 10.7. The van der Waals surface area contributed by atoms with Gasteiger partial charge in [0.15, 0.2) is 0 Å². The third-order valence-electron chi connectivity index (χ3n) is 2.59. The van der Waals surface area contributed by atoms with E-state index in [2.05, 4.69) is 4.98 Å². The predicted octanol–water partition coefficient (Wildman–Crippen LogP) is 0.259. The van der Waals surface area contributed by atoms with Gasteiger partial charge in [-0.1, -0.05) is 0 Å². The van der Waals surface area contributed by atoms with Gasteiger partial charge in [-0.25, -0.2) is 0 Å². The van der Waals surface area contributed by atoms with Crippen LogP contribution < -0.4 is 4.74 Å². The molecule has 2 unspecified atom stereocenters. The van der Waals surface area contributed by atoms with Gasteiger partial charge in [-0.3, -0.25) is 9.78 Å². The molecule has 1 aliphatic rings. The van der Waals surface area contributed by atoms with Crippen molar-refractivity contribution in [1.29, 1.82) is 0 Å². The van der Waals surface area contributed by atoms with Crippen LogP contribution in [0.2, 0.25) is 0 Å². The van der Waals surface area contributed by atoms with Crippen molar-refractivity contribution in [3.63, 3.8) is 0 Å². The molecule has 2 heterocycles. The minimum absolute atomic E-state index is 0.122. The van der Waals surface area contributed by atoms with Crippen LogP contribution >= 0.6 is 0 Å². The smallest absolute Gasteiger partial charge is 0.210 e. The number of likely N-dealkylation sites (tertiary alicyclic amines) is 1. The highest BCUT2D eigenvalue weighted by molar-refractivity contribution is 5.65. The molecule has 2 rings (SSSR count). The molecule has 84 valence electrons. The first-order valence-corrected chi connectivity index (χ1v) is 5.06. The first kappa shape index (κ1) is 10.6. The van der Waals surface area contributed by atoms with Gasteiger partial charge < -0.3 is 14.4 Å². The van der Waals surface area contributed by atoms with Gasteiger partial charge in [0.1, 0.15) is 18.1 Å². The van der Waals surface area contributed by atoms with Crippen molar-refractivity contribution < 1.29 is 14.3 Å². The second kappa shape index (κ2) is 4.74. The van der Waals surface area contributed by atoms with E-state index in [1.54, 1.807) is 24.5 Å². The van der Waals surface area contributed by atoms with Crippen molar-refractivity contribution in [3.8, 4) is 5.75 Å². The van der Waals surface area contributed by atoms with Gasteiger partial charge in [-0.05, 0) is 12.1 Å². The summed E-state index contributed by atoms with van der Waals surface area (Å²) in [5.74, 6) is 0.706. The lowest BCUT2D eigenvalue weighted by Crippen LogP contribution is -2.29. The lowest BCUT2D eigenvalue weighted by atomic mass is 10.2. The highest BCUT2D eigenvalue weighted by Crippen LogP contribution is 2.20. The summed E-state index contributed by atoms with van der Waals surface area (Å²) in [7, 11) is 0. The Balaban J connectivity index is 1.98. The average molecular weight is 220 g/mol. The largest absolute Gasteiger partial charge is 0.488 e. The summed E-state index contributed by atoms with van der Waals surface area (Å²) in [6.07, 6.45) is 5.17. The van der Waals surface area contributed by atoms with Gasteiger partial charge >= 0.3 is 0 Å². The maximum absolute atomic E-state index is 10.7. The van der Waals surface area contributed by atoms with E-state index in [0.29, 0.717) is 25.1 Å². The minimum Gasteiger partial charge on any atom is -0.488 e. The Bertz CT molecular complexity index is 353. The summed E-state index contributed by atoms with van der Waals surface area (Å²) in [5.41, 5.74) is 0. The number of ether oxygens (including phenoxy) is 1. The normalized spacial score (nSPS) is 24.1. The molecule has 0 radical (unpaired) electrons. The number of hydrogen-bond donors (Lipinski definition) is 0. The Hall–Kier alpha value is -1.91. The maximum Gasteiger partial charge on any atom is 0.210 e. The standard InChI is InChI=1S/C11H12N2O3/c14-7-9-5-11(6-13(9)8-15)16-10-1-3-12-4-2-10/h1-4,7-9,11H,5-6H2. The minimum atomic E-state index is -0.357. The summed E-state index contributed by atoms with van der Waals surface area (Å²) in [4.78, 5) is 26.7. The molecule has 1 aromatic rings. The number of carbonyl (C=O) groups is 2. The molecule has 1 aromatic heterocycles. The van der Waals surface area contributed by atoms with Gasteiger partial charge in [0.2, 0.25) is 6.41 Å². The monoisotopic (exact) mass is 220 g/mol. The van der Waals surface area contributed by atoms with Crippen molar-refractivity contribution in [1.82, 2.24) is 9.88 Å². The molecule has 0 spiro atoms. The van der Waals surface area contributed by atoms with Gasteiger partial charge in [0.05, 0.1) is 12.6 Å². The quantitative estimate of drug-likeness (QED) is 0.683. The molecule has 0 bridgehead atoms. The third kappa shape index (κ3) is 2.18. The zero-order valence-corrected chi connectivity index (χ0v) is 8.65. The molecule has 2 atom stereocenters. The van der Waals surface area contributed by atoms with Crippen molar-refractivity contribution in [2.45, 2.75) is 18.6 Å². The first-order chi connectivity index (χ1) is 7.83. The van der Waals surface area contributed by atoms with Gasteiger partial charge in [-0.2, -0.15) is 0 Å². The second-order valence-electron chi connectivity index (χ2n) is 3.66. The summed E-state index contributed by atoms with van der Waals surface area (Å²) < 4.78 is 5.64. The third-order valence-corrected chi connectivity index (χ3v) is 2.59. The summed E-state index contributed by atoms with van der Waals surface area (Å²) in [6.45, 7) is 0.454. The molecular weight excluding hydrogens is 208 g/mol. The van der Waals surface area contributed by atoms with E-state index in [9.17, 15) is 9.59 Å². The number of rotatable bonds is 4. The molecule has 1 fully saturated rings.